The number of rotatable bonds is 2. The molecule has 17 heavy (non-hydrogen) atoms. The van der Waals surface area contributed by atoms with E-state index >= 15 is 0 Å². The van der Waals surface area contributed by atoms with Crippen molar-refractivity contribution in [2.45, 2.75) is 39.5 Å². The molecule has 0 aliphatic heterocycles. The second kappa shape index (κ2) is 4.28. The summed E-state index contributed by atoms with van der Waals surface area (Å²) in [5.41, 5.74) is 2.45. The van der Waals surface area contributed by atoms with Crippen LogP contribution in [0.15, 0.2) is 23.4 Å². The highest BCUT2D eigenvalue weighted by atomic mass is 16.1. The fraction of sp³-hybridized carbons (Fsp3) is 0.462. The second-order valence-corrected chi connectivity index (χ2v) is 4.88. The van der Waals surface area contributed by atoms with E-state index in [1.165, 1.54) is 0 Å². The Labute approximate surface area is 100 Å². The predicted octanol–water partition coefficient (Wildman–Crippen LogP) is 1.76. The molecule has 4 heteroatoms. The van der Waals surface area contributed by atoms with E-state index in [1.54, 1.807) is 23.0 Å². The van der Waals surface area contributed by atoms with Gasteiger partial charge in [-0.25, -0.2) is 9.97 Å². The van der Waals surface area contributed by atoms with Crippen molar-refractivity contribution in [1.29, 1.82) is 0 Å². The molecule has 0 unspecified atom stereocenters. The number of H-pyrrole nitrogens is 1. The summed E-state index contributed by atoms with van der Waals surface area (Å²) in [7, 11) is 0. The summed E-state index contributed by atoms with van der Waals surface area (Å²) in [6, 6.07) is 0. The average molecular weight is 232 g/mol. The quantitative estimate of drug-likeness (QED) is 0.792. The summed E-state index contributed by atoms with van der Waals surface area (Å²) in [5.74, 6) is 0.443. The zero-order valence-electron chi connectivity index (χ0n) is 10.7. The van der Waals surface area contributed by atoms with Crippen LogP contribution in [0.1, 0.15) is 50.8 Å². The van der Waals surface area contributed by atoms with Gasteiger partial charge in [0.1, 0.15) is 0 Å². The molecule has 0 aliphatic rings. The fourth-order valence-electron chi connectivity index (χ4n) is 2.05. The van der Waals surface area contributed by atoms with Crippen molar-refractivity contribution in [2.24, 2.45) is 0 Å². The second-order valence-electron chi connectivity index (χ2n) is 4.88. The molecule has 0 saturated carbocycles. The number of hydrogen-bond acceptors (Lipinski definition) is 2. The molecule has 0 saturated heterocycles. The molecule has 90 valence electrons. The molecular formula is C13H18N3O+. The Kier molecular flexibility index (Phi) is 2.96. The van der Waals surface area contributed by atoms with Crippen molar-refractivity contribution in [3.63, 3.8) is 0 Å². The Morgan fingerprint density at radius 2 is 1.94 bits per heavy atom. The number of aromatic nitrogens is 3. The van der Waals surface area contributed by atoms with Gasteiger partial charge in [-0.15, -0.1) is 0 Å². The molecule has 2 aromatic heterocycles. The van der Waals surface area contributed by atoms with Crippen LogP contribution in [0, 0.1) is 0 Å². The zero-order chi connectivity index (χ0) is 12.6. The maximum atomic E-state index is 12.4. The molecule has 2 rings (SSSR count). The summed E-state index contributed by atoms with van der Waals surface area (Å²) in [4.78, 5) is 19.9. The van der Waals surface area contributed by atoms with E-state index in [2.05, 4.69) is 23.8 Å². The Balaban J connectivity index is 2.89. The summed E-state index contributed by atoms with van der Waals surface area (Å²) in [6.07, 6.45) is 5.20. The highest BCUT2D eigenvalue weighted by molar-refractivity contribution is 5.38. The summed E-state index contributed by atoms with van der Waals surface area (Å²) in [5, 5.41) is 0. The molecule has 0 bridgehead atoms. The number of nitrogens with one attached hydrogen (secondary N) is 1. The van der Waals surface area contributed by atoms with Crippen molar-refractivity contribution >= 4 is 5.65 Å². The lowest BCUT2D eigenvalue weighted by molar-refractivity contribution is -0.377. The molecule has 0 atom stereocenters. The molecule has 0 fully saturated rings. The van der Waals surface area contributed by atoms with Gasteiger partial charge in [0, 0.05) is 5.56 Å². The molecule has 2 heterocycles. The molecule has 0 aromatic carbocycles. The number of nitrogens with zero attached hydrogens (tertiary/aromatic N) is 2. The first-order valence-electron chi connectivity index (χ1n) is 5.94. The Hall–Kier alpha value is -1.71. The van der Waals surface area contributed by atoms with Crippen LogP contribution in [-0.4, -0.2) is 9.38 Å². The lowest BCUT2D eigenvalue weighted by atomic mass is 9.96. The standard InChI is InChI=1S/C13H17N3O/c1-8(2)11-12(9(3)4)15-10-7-14-5-6-16(10)13(11)17/h5-9H,1-4H3/p+1. The Morgan fingerprint density at radius 1 is 1.24 bits per heavy atom. The smallest absolute Gasteiger partial charge is 0.261 e. The number of hydrogen-bond donors (Lipinski definition) is 0. The molecule has 0 radical (unpaired) electrons. The number of fused-ring (bicyclic) bond motifs is 1. The maximum Gasteiger partial charge on any atom is 0.261 e. The van der Waals surface area contributed by atoms with Gasteiger partial charge in [-0.05, 0) is 11.8 Å². The molecular weight excluding hydrogens is 214 g/mol. The summed E-state index contributed by atoms with van der Waals surface area (Å²) < 4.78 is 1.59. The summed E-state index contributed by atoms with van der Waals surface area (Å²) in [6.45, 7) is 8.20. The first-order chi connectivity index (χ1) is 8.02. The first kappa shape index (κ1) is 11.8. The molecule has 0 amide bonds. The largest absolute Gasteiger partial charge is 0.269 e. The van der Waals surface area contributed by atoms with Crippen LogP contribution in [0.25, 0.3) is 5.65 Å². The van der Waals surface area contributed by atoms with Crippen LogP contribution >= 0.6 is 0 Å². The summed E-state index contributed by atoms with van der Waals surface area (Å²) >= 11 is 0. The van der Waals surface area contributed by atoms with Gasteiger partial charge >= 0.3 is 0 Å². The van der Waals surface area contributed by atoms with E-state index in [-0.39, 0.29) is 17.4 Å². The minimum absolute atomic E-state index is 0.0442. The van der Waals surface area contributed by atoms with Crippen molar-refractivity contribution in [3.05, 3.63) is 40.2 Å². The third-order valence-corrected chi connectivity index (χ3v) is 2.86. The van der Waals surface area contributed by atoms with Gasteiger partial charge in [-0.3, -0.25) is 9.20 Å². The average Bonchev–Trinajstić information content (AvgIpc) is 2.28. The first-order valence-corrected chi connectivity index (χ1v) is 5.94. The van der Waals surface area contributed by atoms with Gasteiger partial charge in [-0.1, -0.05) is 27.7 Å². The minimum atomic E-state index is 0.0442. The number of aromatic amines is 1. The normalized spacial score (nSPS) is 11.6. The monoisotopic (exact) mass is 232 g/mol. The molecule has 0 aliphatic carbocycles. The van der Waals surface area contributed by atoms with Gasteiger partial charge < -0.3 is 0 Å². The van der Waals surface area contributed by atoms with Crippen molar-refractivity contribution in [3.8, 4) is 0 Å². The lowest BCUT2D eigenvalue weighted by Crippen LogP contribution is -2.25. The van der Waals surface area contributed by atoms with E-state index in [9.17, 15) is 4.79 Å². The Bertz CT molecular complexity index is 599. The minimum Gasteiger partial charge on any atom is -0.269 e. The van der Waals surface area contributed by atoms with Crippen molar-refractivity contribution in [2.75, 3.05) is 0 Å². The van der Waals surface area contributed by atoms with Crippen LogP contribution in [0.4, 0.5) is 0 Å². The Morgan fingerprint density at radius 3 is 2.53 bits per heavy atom. The molecule has 1 N–H and O–H groups in total. The molecule has 2 aromatic rings. The van der Waals surface area contributed by atoms with Gasteiger partial charge in [0.15, 0.2) is 6.20 Å². The van der Waals surface area contributed by atoms with Crippen LogP contribution in [0.5, 0.6) is 0 Å². The molecule has 0 spiro atoms. The lowest BCUT2D eigenvalue weighted by Gasteiger charge is -2.14. The van der Waals surface area contributed by atoms with E-state index in [0.717, 1.165) is 11.3 Å². The van der Waals surface area contributed by atoms with Crippen molar-refractivity contribution < 1.29 is 4.98 Å². The van der Waals surface area contributed by atoms with E-state index < -0.39 is 0 Å². The van der Waals surface area contributed by atoms with Gasteiger partial charge in [0.25, 0.3) is 5.56 Å². The fourth-order valence-corrected chi connectivity index (χ4v) is 2.05. The highest BCUT2D eigenvalue weighted by Gasteiger charge is 2.18. The van der Waals surface area contributed by atoms with Crippen LogP contribution in [0.3, 0.4) is 0 Å². The predicted molar refractivity (Wildman–Crippen MR) is 66.2 cm³/mol. The maximum absolute atomic E-state index is 12.4. The van der Waals surface area contributed by atoms with Crippen LogP contribution in [-0.2, 0) is 0 Å². The topological polar surface area (TPSA) is 48.5 Å². The van der Waals surface area contributed by atoms with Gasteiger partial charge in [-0.2, -0.15) is 0 Å². The zero-order valence-corrected chi connectivity index (χ0v) is 10.7. The third-order valence-electron chi connectivity index (χ3n) is 2.86. The van der Waals surface area contributed by atoms with E-state index in [4.69, 9.17) is 0 Å². The van der Waals surface area contributed by atoms with E-state index in [1.807, 2.05) is 13.8 Å². The third kappa shape index (κ3) is 1.95. The van der Waals surface area contributed by atoms with E-state index in [0.29, 0.717) is 5.65 Å². The SMILES string of the molecule is CC(C)c1nc2c[nH+]ccn2c(=O)c1C(C)C. The molecule has 4 nitrogen and oxygen atoms in total. The van der Waals surface area contributed by atoms with Crippen LogP contribution in [0.2, 0.25) is 0 Å². The highest BCUT2D eigenvalue weighted by Crippen LogP contribution is 2.21. The van der Waals surface area contributed by atoms with Crippen molar-refractivity contribution in [1.82, 2.24) is 9.38 Å². The van der Waals surface area contributed by atoms with Crippen LogP contribution < -0.4 is 10.5 Å². The van der Waals surface area contributed by atoms with Gasteiger partial charge in [0.2, 0.25) is 11.8 Å². The van der Waals surface area contributed by atoms with Gasteiger partial charge in [0.05, 0.1) is 11.9 Å².